The third-order valence-electron chi connectivity index (χ3n) is 3.03. The summed E-state index contributed by atoms with van der Waals surface area (Å²) in [7, 11) is 0. The molecule has 1 saturated carbocycles. The third kappa shape index (κ3) is 1.25. The van der Waals surface area contributed by atoms with E-state index in [4.69, 9.17) is 10.2 Å². The molecule has 0 spiro atoms. The minimum absolute atomic E-state index is 0.00523. The predicted molar refractivity (Wildman–Crippen MR) is 46.8 cm³/mol. The van der Waals surface area contributed by atoms with Crippen LogP contribution in [0.15, 0.2) is 12.2 Å². The Labute approximate surface area is 80.4 Å². The van der Waals surface area contributed by atoms with Crippen LogP contribution in [0.2, 0.25) is 0 Å². The number of carboxylic acid groups (broad SMARTS) is 2. The van der Waals surface area contributed by atoms with Gasteiger partial charge in [0.1, 0.15) is 0 Å². The van der Waals surface area contributed by atoms with E-state index in [9.17, 15) is 9.59 Å². The van der Waals surface area contributed by atoms with Crippen LogP contribution in [0.5, 0.6) is 0 Å². The maximum Gasteiger partial charge on any atom is 0.404 e. The van der Waals surface area contributed by atoms with Crippen LogP contribution in [0.1, 0.15) is 6.42 Å². The highest BCUT2D eigenvalue weighted by Crippen LogP contribution is 2.43. The second-order valence-electron chi connectivity index (χ2n) is 3.79. The van der Waals surface area contributed by atoms with E-state index in [-0.39, 0.29) is 11.8 Å². The molecular weight excluding hydrogens is 186 g/mol. The van der Waals surface area contributed by atoms with Gasteiger partial charge in [0.15, 0.2) is 0 Å². The molecule has 5 heteroatoms. The van der Waals surface area contributed by atoms with Gasteiger partial charge in [0, 0.05) is 0 Å². The van der Waals surface area contributed by atoms with Crippen LogP contribution in [0.4, 0.5) is 4.79 Å². The number of fused-ring (bicyclic) bond motifs is 2. The number of aliphatic carboxylic acids is 1. The van der Waals surface area contributed by atoms with Gasteiger partial charge < -0.3 is 15.5 Å². The summed E-state index contributed by atoms with van der Waals surface area (Å²) >= 11 is 0. The lowest BCUT2D eigenvalue weighted by Gasteiger charge is -2.24. The Kier molecular flexibility index (Phi) is 1.94. The zero-order chi connectivity index (χ0) is 10.3. The van der Waals surface area contributed by atoms with Crippen LogP contribution in [0.3, 0.4) is 0 Å². The van der Waals surface area contributed by atoms with E-state index in [1.807, 2.05) is 12.2 Å². The van der Waals surface area contributed by atoms with E-state index < -0.39 is 24.0 Å². The van der Waals surface area contributed by atoms with Crippen molar-refractivity contribution in [2.24, 2.45) is 17.8 Å². The number of hydrogen-bond donors (Lipinski definition) is 3. The zero-order valence-electron chi connectivity index (χ0n) is 7.38. The van der Waals surface area contributed by atoms with Gasteiger partial charge in [-0.1, -0.05) is 12.2 Å². The first kappa shape index (κ1) is 9.05. The van der Waals surface area contributed by atoms with Crippen molar-refractivity contribution in [1.29, 1.82) is 0 Å². The molecule has 2 aliphatic carbocycles. The molecule has 0 saturated heterocycles. The Morgan fingerprint density at radius 2 is 1.86 bits per heavy atom. The Morgan fingerprint density at radius 3 is 2.43 bits per heavy atom. The first-order valence-electron chi connectivity index (χ1n) is 4.50. The van der Waals surface area contributed by atoms with Gasteiger partial charge in [-0.3, -0.25) is 4.79 Å². The molecule has 1 unspecified atom stereocenters. The topological polar surface area (TPSA) is 86.6 Å². The SMILES string of the molecule is O=C(O)N[C@H]1C(C(=O)O)[C@H]2C=C[C@@H]1C2. The second-order valence-corrected chi connectivity index (χ2v) is 3.79. The van der Waals surface area contributed by atoms with Crippen LogP contribution in [-0.2, 0) is 4.79 Å². The van der Waals surface area contributed by atoms with Crippen LogP contribution in [0, 0.1) is 17.8 Å². The largest absolute Gasteiger partial charge is 0.481 e. The van der Waals surface area contributed by atoms with Crippen LogP contribution >= 0.6 is 0 Å². The average molecular weight is 197 g/mol. The van der Waals surface area contributed by atoms with Crippen molar-refractivity contribution in [2.45, 2.75) is 12.5 Å². The highest BCUT2D eigenvalue weighted by atomic mass is 16.4. The molecule has 2 rings (SSSR count). The number of allylic oxidation sites excluding steroid dienone is 1. The molecule has 3 N–H and O–H groups in total. The maximum absolute atomic E-state index is 10.9. The van der Waals surface area contributed by atoms with E-state index in [2.05, 4.69) is 5.32 Å². The lowest BCUT2D eigenvalue weighted by Crippen LogP contribution is -2.45. The van der Waals surface area contributed by atoms with E-state index in [0.29, 0.717) is 0 Å². The lowest BCUT2D eigenvalue weighted by molar-refractivity contribution is -0.143. The number of carboxylic acids is 1. The molecule has 0 aromatic heterocycles. The van der Waals surface area contributed by atoms with Gasteiger partial charge in [-0.15, -0.1) is 0 Å². The average Bonchev–Trinajstić information content (AvgIpc) is 2.61. The monoisotopic (exact) mass is 197 g/mol. The fourth-order valence-electron chi connectivity index (χ4n) is 2.50. The molecule has 14 heavy (non-hydrogen) atoms. The normalized spacial score (nSPS) is 38.6. The number of rotatable bonds is 2. The van der Waals surface area contributed by atoms with E-state index in [1.165, 1.54) is 0 Å². The molecule has 5 nitrogen and oxygen atoms in total. The minimum atomic E-state index is -1.15. The third-order valence-corrected chi connectivity index (χ3v) is 3.03. The van der Waals surface area contributed by atoms with Gasteiger partial charge in [0.25, 0.3) is 0 Å². The highest BCUT2D eigenvalue weighted by Gasteiger charge is 2.48. The van der Waals surface area contributed by atoms with Gasteiger partial charge in [0.05, 0.1) is 12.0 Å². The van der Waals surface area contributed by atoms with Crippen molar-refractivity contribution >= 4 is 12.1 Å². The molecule has 76 valence electrons. The molecule has 0 aromatic rings. The van der Waals surface area contributed by atoms with E-state index in [1.54, 1.807) is 0 Å². The second kappa shape index (κ2) is 3.01. The summed E-state index contributed by atoms with van der Waals surface area (Å²) in [4.78, 5) is 21.4. The summed E-state index contributed by atoms with van der Waals surface area (Å²) in [6.45, 7) is 0. The number of nitrogens with one attached hydrogen (secondary N) is 1. The molecule has 0 aliphatic heterocycles. The van der Waals surface area contributed by atoms with Crippen LogP contribution in [-0.4, -0.2) is 28.3 Å². The fourth-order valence-corrected chi connectivity index (χ4v) is 2.50. The molecule has 4 atom stereocenters. The maximum atomic E-state index is 10.9. The van der Waals surface area contributed by atoms with Crippen molar-refractivity contribution in [1.82, 2.24) is 5.32 Å². The minimum Gasteiger partial charge on any atom is -0.481 e. The molecule has 1 fully saturated rings. The molecule has 2 aliphatic rings. The lowest BCUT2D eigenvalue weighted by atomic mass is 9.89. The zero-order valence-corrected chi connectivity index (χ0v) is 7.38. The first-order chi connectivity index (χ1) is 6.59. The van der Waals surface area contributed by atoms with Crippen molar-refractivity contribution in [3.63, 3.8) is 0 Å². The van der Waals surface area contributed by atoms with Gasteiger partial charge in [-0.05, 0) is 18.3 Å². The van der Waals surface area contributed by atoms with E-state index in [0.717, 1.165) is 6.42 Å². The summed E-state index contributed by atoms with van der Waals surface area (Å²) in [5.74, 6) is -1.46. The predicted octanol–water partition coefficient (Wildman–Crippen LogP) is 0.529. The summed E-state index contributed by atoms with van der Waals surface area (Å²) in [6, 6.07) is -0.458. The van der Waals surface area contributed by atoms with E-state index >= 15 is 0 Å². The molecular formula is C9H11NO4. The molecule has 0 radical (unpaired) electrons. The molecule has 0 aromatic carbocycles. The van der Waals surface area contributed by atoms with Crippen LogP contribution < -0.4 is 5.32 Å². The van der Waals surface area contributed by atoms with Gasteiger partial charge >= 0.3 is 12.1 Å². The number of carbonyl (C=O) groups is 2. The Morgan fingerprint density at radius 1 is 1.21 bits per heavy atom. The Balaban J connectivity index is 2.18. The summed E-state index contributed by atoms with van der Waals surface area (Å²) in [5.41, 5.74) is 0. The van der Waals surface area contributed by atoms with Gasteiger partial charge in [-0.2, -0.15) is 0 Å². The van der Waals surface area contributed by atoms with Crippen molar-refractivity contribution < 1.29 is 19.8 Å². The van der Waals surface area contributed by atoms with Crippen LogP contribution in [0.25, 0.3) is 0 Å². The highest BCUT2D eigenvalue weighted by molar-refractivity contribution is 5.75. The number of hydrogen-bond acceptors (Lipinski definition) is 2. The molecule has 0 heterocycles. The standard InChI is InChI=1S/C9H11NO4/c11-8(12)6-4-1-2-5(3-4)7(6)10-9(13)14/h1-2,4-7,10H,3H2,(H,11,12)(H,13,14)/t4-,5+,6?,7+/m0/s1. The van der Waals surface area contributed by atoms with Crippen molar-refractivity contribution in [3.05, 3.63) is 12.2 Å². The Hall–Kier alpha value is -1.52. The summed E-state index contributed by atoms with van der Waals surface area (Å²) < 4.78 is 0. The number of amides is 1. The fraction of sp³-hybridized carbons (Fsp3) is 0.556. The Bertz CT molecular complexity index is 312. The molecule has 1 amide bonds. The van der Waals surface area contributed by atoms with Gasteiger partial charge in [-0.25, -0.2) is 4.79 Å². The van der Waals surface area contributed by atoms with Gasteiger partial charge in [0.2, 0.25) is 0 Å². The smallest absolute Gasteiger partial charge is 0.404 e. The summed E-state index contributed by atoms with van der Waals surface area (Å²) in [6.07, 6.45) is 3.39. The summed E-state index contributed by atoms with van der Waals surface area (Å²) in [5, 5.41) is 19.8. The molecule has 2 bridgehead atoms. The van der Waals surface area contributed by atoms with Crippen molar-refractivity contribution in [2.75, 3.05) is 0 Å². The first-order valence-corrected chi connectivity index (χ1v) is 4.50. The quantitative estimate of drug-likeness (QED) is 0.563. The van der Waals surface area contributed by atoms with Crippen molar-refractivity contribution in [3.8, 4) is 0 Å².